The molecule has 2 aromatic heterocycles. The van der Waals surface area contributed by atoms with Crippen molar-refractivity contribution >= 4 is 52.4 Å². The third-order valence-electron chi connectivity index (χ3n) is 6.77. The molecule has 2 aliphatic rings. The van der Waals surface area contributed by atoms with E-state index in [1.165, 1.54) is 29.0 Å². The second-order valence-corrected chi connectivity index (χ2v) is 10.5. The average Bonchev–Trinajstić information content (AvgIpc) is 3.26. The van der Waals surface area contributed by atoms with Gasteiger partial charge in [0, 0.05) is 24.7 Å². The smallest absolute Gasteiger partial charge is 0.326 e. The summed E-state index contributed by atoms with van der Waals surface area (Å²) in [4.78, 5) is 75.6. The molecule has 41 heavy (non-hydrogen) atoms. The van der Waals surface area contributed by atoms with E-state index in [4.69, 9.17) is 16.7 Å². The molecule has 0 atom stereocenters. The van der Waals surface area contributed by atoms with Gasteiger partial charge in [0.1, 0.15) is 29.8 Å². The van der Waals surface area contributed by atoms with Gasteiger partial charge >= 0.3 is 12.0 Å². The van der Waals surface area contributed by atoms with Gasteiger partial charge in [0.15, 0.2) is 11.5 Å². The second-order valence-electron chi connectivity index (χ2n) is 10.1. The van der Waals surface area contributed by atoms with Crippen LogP contribution >= 0.6 is 11.6 Å². The number of pyridine rings is 1. The second kappa shape index (κ2) is 10.8. The van der Waals surface area contributed by atoms with Gasteiger partial charge in [-0.15, -0.1) is 0 Å². The number of aliphatic carboxylic acids is 1. The van der Waals surface area contributed by atoms with E-state index in [0.717, 1.165) is 15.0 Å². The molecule has 4 amide bonds. The van der Waals surface area contributed by atoms with Crippen molar-refractivity contribution in [2.75, 3.05) is 37.6 Å². The van der Waals surface area contributed by atoms with Gasteiger partial charge in [-0.2, -0.15) is 0 Å². The lowest BCUT2D eigenvalue weighted by Crippen LogP contribution is -2.60. The number of nitrogens with one attached hydrogen (secondary N) is 1. The lowest BCUT2D eigenvalue weighted by molar-refractivity contribution is -0.144. The number of rotatable bonds is 8. The number of benzene rings is 1. The minimum atomic E-state index is -1.52. The van der Waals surface area contributed by atoms with Crippen molar-refractivity contribution in [1.82, 2.24) is 29.7 Å². The molecule has 0 saturated carbocycles. The molecule has 3 aromatic rings. The monoisotopic (exact) mass is 585 g/mol. The van der Waals surface area contributed by atoms with Crippen molar-refractivity contribution in [2.24, 2.45) is 0 Å². The van der Waals surface area contributed by atoms with Crippen LogP contribution in [0, 0.1) is 0 Å². The third kappa shape index (κ3) is 5.82. The summed E-state index contributed by atoms with van der Waals surface area (Å²) in [6.07, 6.45) is 1.23. The summed E-state index contributed by atoms with van der Waals surface area (Å²) in [7, 11) is 0. The zero-order valence-corrected chi connectivity index (χ0v) is 22.6. The number of fused-ring (bicyclic) bond motifs is 1. The summed E-state index contributed by atoms with van der Waals surface area (Å²) in [6, 6.07) is 7.38. The topological polar surface area (TPSA) is 158 Å². The predicted molar refractivity (Wildman–Crippen MR) is 144 cm³/mol. The molecule has 0 unspecified atom stereocenters. The number of alkyl halides is 1. The molecule has 5 rings (SSSR count). The molecule has 0 bridgehead atoms. The van der Waals surface area contributed by atoms with Crippen LogP contribution in [0.5, 0.6) is 0 Å². The average molecular weight is 586 g/mol. The molecular formula is C26H25ClFN7O6. The number of carbonyl (C=O) groups is 4. The summed E-state index contributed by atoms with van der Waals surface area (Å²) in [6.45, 7) is 0.517. The first kappa shape index (κ1) is 28.0. The maximum absolute atomic E-state index is 14.0. The van der Waals surface area contributed by atoms with Crippen LogP contribution in [0.25, 0.3) is 11.2 Å². The number of urea groups is 1. The molecule has 0 spiro atoms. The maximum atomic E-state index is 14.0. The summed E-state index contributed by atoms with van der Waals surface area (Å²) in [5, 5.41) is 12.2. The maximum Gasteiger partial charge on any atom is 0.326 e. The molecule has 13 nitrogen and oxygen atoms in total. The molecule has 4 heterocycles. The number of carbonyl (C=O) groups excluding carboxylic acids is 3. The Labute approximate surface area is 237 Å². The number of halogens is 2. The predicted octanol–water partition coefficient (Wildman–Crippen LogP) is 1.27. The van der Waals surface area contributed by atoms with Gasteiger partial charge in [-0.1, -0.05) is 23.7 Å². The highest BCUT2D eigenvalue weighted by Crippen LogP contribution is 2.25. The molecule has 2 aliphatic heterocycles. The number of carboxylic acids is 1. The Morgan fingerprint density at radius 1 is 1.12 bits per heavy atom. The van der Waals surface area contributed by atoms with E-state index in [-0.39, 0.29) is 55.3 Å². The lowest BCUT2D eigenvalue weighted by Gasteiger charge is -2.42. The first-order valence-corrected chi connectivity index (χ1v) is 13.0. The highest BCUT2D eigenvalue weighted by molar-refractivity contribution is 6.30. The van der Waals surface area contributed by atoms with Gasteiger partial charge in [-0.25, -0.2) is 19.2 Å². The zero-order chi connectivity index (χ0) is 29.5. The van der Waals surface area contributed by atoms with Crippen LogP contribution in [0.3, 0.4) is 0 Å². The Hall–Kier alpha value is -4.59. The van der Waals surface area contributed by atoms with Crippen molar-refractivity contribution in [3.63, 3.8) is 0 Å². The van der Waals surface area contributed by atoms with Gasteiger partial charge < -0.3 is 20.2 Å². The summed E-state index contributed by atoms with van der Waals surface area (Å²) >= 11 is 5.91. The van der Waals surface area contributed by atoms with Gasteiger partial charge in [0.25, 0.3) is 11.5 Å². The van der Waals surface area contributed by atoms with Gasteiger partial charge in [0.05, 0.1) is 19.3 Å². The summed E-state index contributed by atoms with van der Waals surface area (Å²) < 4.78 is 15.0. The quantitative estimate of drug-likeness (QED) is 0.400. The lowest BCUT2D eigenvalue weighted by atomic mass is 9.99. The highest BCUT2D eigenvalue weighted by Gasteiger charge is 2.41. The number of aromatic nitrogens is 3. The fourth-order valence-electron chi connectivity index (χ4n) is 4.72. The Kier molecular flexibility index (Phi) is 7.34. The van der Waals surface area contributed by atoms with Gasteiger partial charge in [-0.05, 0) is 30.7 Å². The fraction of sp³-hybridized carbons (Fsp3) is 0.346. The van der Waals surface area contributed by atoms with Crippen LogP contribution in [-0.2, 0) is 22.7 Å². The van der Waals surface area contributed by atoms with Crippen molar-refractivity contribution < 1.29 is 28.7 Å². The van der Waals surface area contributed by atoms with Crippen molar-refractivity contribution in [3.8, 4) is 0 Å². The van der Waals surface area contributed by atoms with E-state index in [1.807, 2.05) is 0 Å². The van der Waals surface area contributed by atoms with Crippen LogP contribution in [-0.4, -0.2) is 91.6 Å². The first-order valence-electron chi connectivity index (χ1n) is 12.6. The molecule has 0 aliphatic carbocycles. The van der Waals surface area contributed by atoms with E-state index in [2.05, 4.69) is 15.3 Å². The number of hydrogen-bond donors (Lipinski definition) is 2. The standard InChI is InChI=1S/C26H25ClFN7O6/c1-26(28)13-33(14-26)20(36)11-35-22-18(31-19(10-29-22)34-7-6-32(25(34)41)12-21(37)38)8-17(24(35)40)23(39)30-9-15-2-4-16(27)5-3-15/h2-5,8,10H,6-7,9,11-14H2,1H3,(H,30,39)(H,37,38). The zero-order valence-electron chi connectivity index (χ0n) is 21.8. The largest absolute Gasteiger partial charge is 0.480 e. The van der Waals surface area contributed by atoms with Crippen molar-refractivity contribution in [2.45, 2.75) is 25.7 Å². The van der Waals surface area contributed by atoms with Gasteiger partial charge in [0.2, 0.25) is 5.91 Å². The van der Waals surface area contributed by atoms with E-state index >= 15 is 0 Å². The fourth-order valence-corrected chi connectivity index (χ4v) is 4.84. The SMILES string of the molecule is CC1(F)CN(C(=O)Cn2c(=O)c(C(=O)NCc3ccc(Cl)cc3)cc3nc(N4CCN(CC(=O)O)C4=O)cnc32)C1. The van der Waals surface area contributed by atoms with Crippen molar-refractivity contribution in [3.05, 3.63) is 63.0 Å². The van der Waals surface area contributed by atoms with Crippen LogP contribution < -0.4 is 15.8 Å². The van der Waals surface area contributed by atoms with Crippen molar-refractivity contribution in [1.29, 1.82) is 0 Å². The molecule has 0 radical (unpaired) electrons. The number of likely N-dealkylation sites (tertiary alicyclic amines) is 1. The van der Waals surface area contributed by atoms with Crippen LogP contribution in [0.15, 0.2) is 41.3 Å². The number of amides is 4. The number of anilines is 1. The summed E-state index contributed by atoms with van der Waals surface area (Å²) in [5.74, 6) is -2.35. The molecule has 2 saturated heterocycles. The minimum Gasteiger partial charge on any atom is -0.480 e. The Morgan fingerprint density at radius 3 is 2.49 bits per heavy atom. The molecule has 2 N–H and O–H groups in total. The molecule has 2 fully saturated rings. The molecule has 214 valence electrons. The third-order valence-corrected chi connectivity index (χ3v) is 7.03. The van der Waals surface area contributed by atoms with E-state index in [9.17, 15) is 28.4 Å². The normalized spacial score (nSPS) is 16.2. The molecule has 1 aromatic carbocycles. The van der Waals surface area contributed by atoms with Crippen LogP contribution in [0.1, 0.15) is 22.8 Å². The molecule has 15 heteroatoms. The number of carboxylic acid groups (broad SMARTS) is 1. The van der Waals surface area contributed by atoms with E-state index in [0.29, 0.717) is 5.02 Å². The highest BCUT2D eigenvalue weighted by atomic mass is 35.5. The Morgan fingerprint density at radius 2 is 1.83 bits per heavy atom. The Bertz CT molecular complexity index is 1620. The summed E-state index contributed by atoms with van der Waals surface area (Å²) in [5.41, 5.74) is -1.86. The van der Waals surface area contributed by atoms with E-state index in [1.54, 1.807) is 24.3 Å². The van der Waals surface area contributed by atoms with E-state index < -0.39 is 48.1 Å². The molecular weight excluding hydrogens is 561 g/mol. The van der Waals surface area contributed by atoms with Gasteiger partial charge in [-0.3, -0.25) is 28.6 Å². The Balaban J connectivity index is 1.49. The minimum absolute atomic E-state index is 0.0149. The van der Waals surface area contributed by atoms with Crippen LogP contribution in [0.4, 0.5) is 15.0 Å². The first-order chi connectivity index (χ1) is 19.4. The number of nitrogens with zero attached hydrogens (tertiary/aromatic N) is 6. The van der Waals surface area contributed by atoms with Crippen LogP contribution in [0.2, 0.25) is 5.02 Å². The number of hydrogen-bond acceptors (Lipinski definition) is 7.